The summed E-state index contributed by atoms with van der Waals surface area (Å²) in [5.41, 5.74) is 0.453. The fourth-order valence-corrected chi connectivity index (χ4v) is 1.32. The Morgan fingerprint density at radius 1 is 1.50 bits per heavy atom. The zero-order valence-corrected chi connectivity index (χ0v) is 10.6. The van der Waals surface area contributed by atoms with E-state index in [9.17, 15) is 9.59 Å². The Morgan fingerprint density at radius 2 is 2.19 bits per heavy atom. The summed E-state index contributed by atoms with van der Waals surface area (Å²) in [5, 5.41) is 2.46. The molecule has 0 saturated heterocycles. The number of hydrogen-bond donors (Lipinski definition) is 1. The highest BCUT2D eigenvalue weighted by molar-refractivity contribution is 9.10. The van der Waals surface area contributed by atoms with Gasteiger partial charge in [-0.2, -0.15) is 0 Å². The van der Waals surface area contributed by atoms with Crippen LogP contribution in [0.15, 0.2) is 22.9 Å². The van der Waals surface area contributed by atoms with Gasteiger partial charge in [-0.3, -0.25) is 9.59 Å². The van der Waals surface area contributed by atoms with Gasteiger partial charge in [-0.1, -0.05) is 0 Å². The first-order valence-electron chi connectivity index (χ1n) is 4.62. The minimum Gasteiger partial charge on any atom is -0.358 e. The molecule has 0 fully saturated rings. The number of hydrogen-bond acceptors (Lipinski definition) is 3. The van der Waals surface area contributed by atoms with Gasteiger partial charge in [0.05, 0.1) is 12.1 Å². The van der Waals surface area contributed by atoms with Crippen LogP contribution in [0.2, 0.25) is 0 Å². The first-order chi connectivity index (χ1) is 7.54. The molecule has 6 heteroatoms. The maximum atomic E-state index is 11.8. The maximum Gasteiger partial charge on any atom is 0.255 e. The average Bonchev–Trinajstić information content (AvgIpc) is 2.28. The van der Waals surface area contributed by atoms with Gasteiger partial charge < -0.3 is 10.2 Å². The van der Waals surface area contributed by atoms with Crippen LogP contribution in [-0.2, 0) is 4.79 Å². The van der Waals surface area contributed by atoms with Crippen LogP contribution in [0.25, 0.3) is 0 Å². The summed E-state index contributed by atoms with van der Waals surface area (Å²) in [7, 11) is 3.10. The van der Waals surface area contributed by atoms with Crippen LogP contribution in [0.5, 0.6) is 0 Å². The smallest absolute Gasteiger partial charge is 0.255 e. The zero-order valence-electron chi connectivity index (χ0n) is 9.03. The molecule has 1 aromatic rings. The Balaban J connectivity index is 2.70. The van der Waals surface area contributed by atoms with Crippen molar-refractivity contribution in [2.75, 3.05) is 20.6 Å². The van der Waals surface area contributed by atoms with E-state index in [2.05, 4.69) is 26.2 Å². The van der Waals surface area contributed by atoms with Crippen LogP contribution in [0.1, 0.15) is 10.4 Å². The highest BCUT2D eigenvalue weighted by atomic mass is 79.9. The predicted octanol–water partition coefficient (Wildman–Crippen LogP) is 0.662. The highest BCUT2D eigenvalue weighted by Crippen LogP contribution is 2.07. The van der Waals surface area contributed by atoms with Crippen molar-refractivity contribution in [3.63, 3.8) is 0 Å². The number of nitrogens with one attached hydrogen (secondary N) is 1. The minimum absolute atomic E-state index is 0.0331. The van der Waals surface area contributed by atoms with Crippen molar-refractivity contribution < 1.29 is 9.59 Å². The molecule has 0 aliphatic carbocycles. The summed E-state index contributed by atoms with van der Waals surface area (Å²) in [6.07, 6.45) is 1.47. The van der Waals surface area contributed by atoms with Gasteiger partial charge in [0, 0.05) is 20.3 Å². The molecule has 1 N–H and O–H groups in total. The second kappa shape index (κ2) is 5.60. The molecule has 16 heavy (non-hydrogen) atoms. The van der Waals surface area contributed by atoms with E-state index in [1.807, 2.05) is 0 Å². The summed E-state index contributed by atoms with van der Waals surface area (Å²) in [4.78, 5) is 28.2. The lowest BCUT2D eigenvalue weighted by atomic mass is 10.2. The van der Waals surface area contributed by atoms with E-state index in [4.69, 9.17) is 0 Å². The van der Waals surface area contributed by atoms with Crippen molar-refractivity contribution in [2.24, 2.45) is 0 Å². The number of carbonyl (C=O) groups excluding carboxylic acids is 2. The largest absolute Gasteiger partial charge is 0.358 e. The van der Waals surface area contributed by atoms with Crippen molar-refractivity contribution in [1.82, 2.24) is 15.2 Å². The summed E-state index contributed by atoms with van der Waals surface area (Å²) >= 11 is 3.18. The molecular weight excluding hydrogens is 274 g/mol. The number of rotatable bonds is 3. The monoisotopic (exact) mass is 285 g/mol. The minimum atomic E-state index is -0.233. The molecule has 0 atom stereocenters. The fraction of sp³-hybridized carbons (Fsp3) is 0.300. The number of nitrogens with zero attached hydrogens (tertiary/aromatic N) is 2. The summed E-state index contributed by atoms with van der Waals surface area (Å²) in [6, 6.07) is 3.33. The van der Waals surface area contributed by atoms with Crippen molar-refractivity contribution in [3.8, 4) is 0 Å². The van der Waals surface area contributed by atoms with Gasteiger partial charge in [-0.15, -0.1) is 0 Å². The van der Waals surface area contributed by atoms with Crippen LogP contribution in [0, 0.1) is 0 Å². The standard InChI is InChI=1S/C10H12BrN3O2/c1-12-9(15)6-14(2)10(16)7-3-4-8(11)13-5-7/h3-5H,6H2,1-2H3,(H,12,15). The van der Waals surface area contributed by atoms with E-state index in [-0.39, 0.29) is 18.4 Å². The van der Waals surface area contributed by atoms with E-state index < -0.39 is 0 Å². The molecule has 1 aromatic heterocycles. The molecule has 0 saturated carbocycles. The topological polar surface area (TPSA) is 62.3 Å². The zero-order chi connectivity index (χ0) is 12.1. The molecule has 86 valence electrons. The molecule has 0 spiro atoms. The lowest BCUT2D eigenvalue weighted by molar-refractivity contribution is -0.121. The number of pyridine rings is 1. The van der Waals surface area contributed by atoms with Crippen molar-refractivity contribution in [2.45, 2.75) is 0 Å². The van der Waals surface area contributed by atoms with Gasteiger partial charge in [0.15, 0.2) is 0 Å². The van der Waals surface area contributed by atoms with Gasteiger partial charge in [-0.05, 0) is 28.1 Å². The number of likely N-dealkylation sites (N-methyl/N-ethyl adjacent to an activating group) is 2. The predicted molar refractivity (Wildman–Crippen MR) is 63.0 cm³/mol. The number of carbonyl (C=O) groups is 2. The maximum absolute atomic E-state index is 11.8. The molecule has 2 amide bonds. The molecule has 1 heterocycles. The van der Waals surface area contributed by atoms with Gasteiger partial charge in [-0.25, -0.2) is 4.98 Å². The molecular formula is C10H12BrN3O2. The highest BCUT2D eigenvalue weighted by Gasteiger charge is 2.14. The Morgan fingerprint density at radius 3 is 2.69 bits per heavy atom. The van der Waals surface area contributed by atoms with Crippen LogP contribution < -0.4 is 5.32 Å². The molecule has 0 aliphatic heterocycles. The van der Waals surface area contributed by atoms with Crippen LogP contribution in [0.3, 0.4) is 0 Å². The van der Waals surface area contributed by atoms with Gasteiger partial charge in [0.1, 0.15) is 4.60 Å². The van der Waals surface area contributed by atoms with Crippen molar-refractivity contribution in [3.05, 3.63) is 28.5 Å². The van der Waals surface area contributed by atoms with Crippen LogP contribution >= 0.6 is 15.9 Å². The first-order valence-corrected chi connectivity index (χ1v) is 5.41. The average molecular weight is 286 g/mol. The number of halogens is 1. The molecule has 0 radical (unpaired) electrons. The fourth-order valence-electron chi connectivity index (χ4n) is 1.09. The van der Waals surface area contributed by atoms with E-state index in [0.29, 0.717) is 10.2 Å². The third kappa shape index (κ3) is 3.30. The summed E-state index contributed by atoms with van der Waals surface area (Å²) in [5.74, 6) is -0.440. The normalized spacial score (nSPS) is 9.69. The summed E-state index contributed by atoms with van der Waals surface area (Å²) in [6.45, 7) is 0.0331. The number of aromatic nitrogens is 1. The van der Waals surface area contributed by atoms with E-state index in [1.165, 1.54) is 18.1 Å². The van der Waals surface area contributed by atoms with Crippen LogP contribution in [0.4, 0.5) is 0 Å². The first kappa shape index (κ1) is 12.6. The molecule has 5 nitrogen and oxygen atoms in total. The van der Waals surface area contributed by atoms with Gasteiger partial charge >= 0.3 is 0 Å². The third-order valence-corrected chi connectivity index (χ3v) is 2.45. The summed E-state index contributed by atoms with van der Waals surface area (Å²) < 4.78 is 0.665. The lowest BCUT2D eigenvalue weighted by Crippen LogP contribution is -2.36. The van der Waals surface area contributed by atoms with Crippen molar-refractivity contribution >= 4 is 27.7 Å². The van der Waals surface area contributed by atoms with Crippen LogP contribution in [-0.4, -0.2) is 42.3 Å². The second-order valence-corrected chi connectivity index (χ2v) is 4.02. The molecule has 0 aliphatic rings. The quantitative estimate of drug-likeness (QED) is 0.830. The third-order valence-electron chi connectivity index (χ3n) is 1.98. The SMILES string of the molecule is CNC(=O)CN(C)C(=O)c1ccc(Br)nc1. The Hall–Kier alpha value is -1.43. The second-order valence-electron chi connectivity index (χ2n) is 3.20. The number of amides is 2. The molecule has 1 rings (SSSR count). The van der Waals surface area contributed by atoms with Gasteiger partial charge in [0.25, 0.3) is 5.91 Å². The van der Waals surface area contributed by atoms with Crippen molar-refractivity contribution in [1.29, 1.82) is 0 Å². The lowest BCUT2D eigenvalue weighted by Gasteiger charge is -2.15. The van der Waals surface area contributed by atoms with E-state index in [1.54, 1.807) is 19.2 Å². The molecule has 0 aromatic carbocycles. The molecule has 0 bridgehead atoms. The Bertz CT molecular complexity index is 392. The Kier molecular flexibility index (Phi) is 4.42. The van der Waals surface area contributed by atoms with E-state index in [0.717, 1.165) is 0 Å². The Labute approximate surface area is 102 Å². The molecule has 0 unspecified atom stereocenters. The van der Waals surface area contributed by atoms with E-state index >= 15 is 0 Å². The van der Waals surface area contributed by atoms with Gasteiger partial charge in [0.2, 0.25) is 5.91 Å².